The van der Waals surface area contributed by atoms with Crippen LogP contribution in [0.5, 0.6) is 0 Å². The topological polar surface area (TPSA) is 116 Å². The molecule has 0 aliphatic heterocycles. The second kappa shape index (κ2) is 7.60. The van der Waals surface area contributed by atoms with E-state index in [1.165, 1.54) is 29.2 Å². The van der Waals surface area contributed by atoms with Gasteiger partial charge in [0.25, 0.3) is 5.95 Å². The van der Waals surface area contributed by atoms with Gasteiger partial charge in [0.05, 0.1) is 33.1 Å². The van der Waals surface area contributed by atoms with Crippen LogP contribution in [-0.4, -0.2) is 55.4 Å². The summed E-state index contributed by atoms with van der Waals surface area (Å²) in [7, 11) is -3.15. The summed E-state index contributed by atoms with van der Waals surface area (Å²) < 4.78 is 53.5. The molecule has 0 N–H and O–H groups in total. The van der Waals surface area contributed by atoms with Crippen molar-refractivity contribution >= 4 is 21.4 Å². The third-order valence-corrected chi connectivity index (χ3v) is 9.87. The van der Waals surface area contributed by atoms with Gasteiger partial charge >= 0.3 is 0 Å². The van der Waals surface area contributed by atoms with E-state index in [0.717, 1.165) is 23.9 Å². The second-order valence-electron chi connectivity index (χ2n) is 10.4. The van der Waals surface area contributed by atoms with E-state index < -0.39 is 26.9 Å². The lowest BCUT2D eigenvalue weighted by Crippen LogP contribution is -2.47. The summed E-state index contributed by atoms with van der Waals surface area (Å²) in [6.07, 6.45) is 5.23. The molecule has 0 bridgehead atoms. The molecule has 3 aromatic heterocycles. The molecule has 2 unspecified atom stereocenters. The van der Waals surface area contributed by atoms with Crippen LogP contribution in [0.15, 0.2) is 36.8 Å². The van der Waals surface area contributed by atoms with E-state index in [0.29, 0.717) is 17.4 Å². The first-order valence-electron chi connectivity index (χ1n) is 12.0. The van der Waals surface area contributed by atoms with Crippen LogP contribution in [0.25, 0.3) is 17.2 Å². The lowest BCUT2D eigenvalue weighted by molar-refractivity contribution is 0.159. The van der Waals surface area contributed by atoms with Crippen molar-refractivity contribution in [2.24, 2.45) is 11.3 Å². The summed E-state index contributed by atoms with van der Waals surface area (Å²) in [5.41, 5.74) is 1.13. The minimum absolute atomic E-state index is 0.000619. The molecular weight excluding hydrogens is 536 g/mol. The predicted octanol–water partition coefficient (Wildman–Crippen LogP) is 3.46. The number of nitrogens with zero attached hydrogens (tertiary/aromatic N) is 7. The Balaban J connectivity index is 1.30. The number of hydrogen-bond donors (Lipinski definition) is 0. The SMILES string of the molecule is CC12C3C[C@]1(c1ccnc(-n4cnc(CCS(C)(=O)=O)n4)n1)c1nnc(-c4c(F)cccc4F)c(Cl)c1[C@H]32. The molecule has 13 heteroatoms. The fraction of sp³-hybridized carbons (Fsp3) is 0.360. The molecule has 7 rings (SSSR count). The van der Waals surface area contributed by atoms with E-state index in [9.17, 15) is 17.2 Å². The quantitative estimate of drug-likeness (QED) is 0.355. The summed E-state index contributed by atoms with van der Waals surface area (Å²) in [6, 6.07) is 5.46. The zero-order valence-corrected chi connectivity index (χ0v) is 21.8. The van der Waals surface area contributed by atoms with Crippen molar-refractivity contribution in [2.75, 3.05) is 12.0 Å². The van der Waals surface area contributed by atoms with Gasteiger partial charge in [0.1, 0.15) is 33.5 Å². The van der Waals surface area contributed by atoms with Crippen LogP contribution in [0.3, 0.4) is 0 Å². The zero-order chi connectivity index (χ0) is 26.6. The van der Waals surface area contributed by atoms with E-state index in [2.05, 4.69) is 32.2 Å². The summed E-state index contributed by atoms with van der Waals surface area (Å²) in [5.74, 6) is -0.460. The molecule has 3 aliphatic rings. The molecule has 1 aromatic carbocycles. The molecule has 0 radical (unpaired) electrons. The second-order valence-corrected chi connectivity index (χ2v) is 13.1. The summed E-state index contributed by atoms with van der Waals surface area (Å²) >= 11 is 6.81. The smallest absolute Gasteiger partial charge is 0.229 e. The number of fused-ring (bicyclic) bond motifs is 4. The van der Waals surface area contributed by atoms with Gasteiger partial charge in [-0.15, -0.1) is 10.2 Å². The third-order valence-electron chi connectivity index (χ3n) is 8.54. The predicted molar refractivity (Wildman–Crippen MR) is 132 cm³/mol. The minimum atomic E-state index is -3.15. The van der Waals surface area contributed by atoms with Gasteiger partial charge in [0.2, 0.25) is 0 Å². The molecule has 0 amide bonds. The fourth-order valence-electron chi connectivity index (χ4n) is 6.68. The highest BCUT2D eigenvalue weighted by Gasteiger charge is 2.87. The van der Waals surface area contributed by atoms with E-state index in [4.69, 9.17) is 16.6 Å². The first-order chi connectivity index (χ1) is 18.1. The van der Waals surface area contributed by atoms with Crippen molar-refractivity contribution in [3.63, 3.8) is 0 Å². The van der Waals surface area contributed by atoms with E-state index >= 15 is 0 Å². The molecule has 3 heterocycles. The monoisotopic (exact) mass is 555 g/mol. The van der Waals surface area contributed by atoms with Crippen molar-refractivity contribution in [3.8, 4) is 17.2 Å². The highest BCUT2D eigenvalue weighted by Crippen LogP contribution is 2.90. The maximum absolute atomic E-state index is 14.6. The average molecular weight is 556 g/mol. The van der Waals surface area contributed by atoms with Crippen LogP contribution in [-0.2, 0) is 21.7 Å². The van der Waals surface area contributed by atoms with Gasteiger partial charge in [-0.2, -0.15) is 9.78 Å². The molecule has 0 spiro atoms. The number of hydrogen-bond acceptors (Lipinski definition) is 8. The summed E-state index contributed by atoms with van der Waals surface area (Å²) in [4.78, 5) is 13.4. The highest BCUT2D eigenvalue weighted by atomic mass is 35.5. The molecular formula is C25H20ClF2N7O2S. The summed E-state index contributed by atoms with van der Waals surface area (Å²) in [6.45, 7) is 2.16. The molecule has 4 atom stereocenters. The van der Waals surface area contributed by atoms with Crippen LogP contribution < -0.4 is 0 Å². The van der Waals surface area contributed by atoms with Gasteiger partial charge in [0, 0.05) is 24.4 Å². The number of halogens is 3. The molecule has 4 aromatic rings. The van der Waals surface area contributed by atoms with E-state index in [1.807, 2.05) is 6.07 Å². The van der Waals surface area contributed by atoms with Crippen LogP contribution in [0.1, 0.15) is 42.0 Å². The standard InChI is InChI=1S/C25H20ClF2N7O2S/c1-24-12-10-25(24,15-6-8-29-23(31-15)35-11-30-16(34-35)7-9-38(2,36)37)22-18(19(12)24)20(26)21(32-33-22)17-13(27)4-3-5-14(17)28/h3-6,8,11-12,19H,7,9-10H2,1-2H3/t12?,19-,24?,25-/m0/s1. The average Bonchev–Trinajstić information content (AvgIpc) is 3.19. The molecule has 2 saturated carbocycles. The lowest BCUT2D eigenvalue weighted by atomic mass is 9.57. The van der Waals surface area contributed by atoms with Crippen LogP contribution >= 0.6 is 11.6 Å². The van der Waals surface area contributed by atoms with E-state index in [-0.39, 0.29) is 45.7 Å². The number of sulfone groups is 1. The first kappa shape index (κ1) is 23.7. The number of aryl methyl sites for hydroxylation is 1. The van der Waals surface area contributed by atoms with Gasteiger partial charge in [-0.3, -0.25) is 0 Å². The highest BCUT2D eigenvalue weighted by molar-refractivity contribution is 7.90. The Morgan fingerprint density at radius 2 is 1.92 bits per heavy atom. The molecule has 194 valence electrons. The van der Waals surface area contributed by atoms with Crippen molar-refractivity contribution < 1.29 is 17.2 Å². The zero-order valence-electron chi connectivity index (χ0n) is 20.2. The summed E-state index contributed by atoms with van der Waals surface area (Å²) in [5, 5.41) is 13.3. The largest absolute Gasteiger partial charge is 0.252 e. The Morgan fingerprint density at radius 3 is 2.66 bits per heavy atom. The Kier molecular flexibility index (Phi) is 4.74. The van der Waals surface area contributed by atoms with Crippen LogP contribution in [0, 0.1) is 23.0 Å². The van der Waals surface area contributed by atoms with Crippen molar-refractivity contribution in [2.45, 2.75) is 31.1 Å². The minimum Gasteiger partial charge on any atom is -0.229 e. The fourth-order valence-corrected chi connectivity index (χ4v) is 7.57. The van der Waals surface area contributed by atoms with Gasteiger partial charge in [0.15, 0.2) is 5.82 Å². The normalized spacial score (nSPS) is 26.6. The number of benzene rings is 1. The molecule has 3 aliphatic carbocycles. The number of rotatable bonds is 6. The maximum Gasteiger partial charge on any atom is 0.252 e. The van der Waals surface area contributed by atoms with Crippen LogP contribution in [0.2, 0.25) is 5.02 Å². The van der Waals surface area contributed by atoms with Gasteiger partial charge < -0.3 is 0 Å². The number of aromatic nitrogens is 7. The van der Waals surface area contributed by atoms with E-state index in [1.54, 1.807) is 6.20 Å². The third kappa shape index (κ3) is 2.98. The van der Waals surface area contributed by atoms with Gasteiger partial charge in [-0.1, -0.05) is 24.6 Å². The van der Waals surface area contributed by atoms with Crippen molar-refractivity contribution in [1.29, 1.82) is 0 Å². The van der Waals surface area contributed by atoms with Crippen molar-refractivity contribution in [1.82, 2.24) is 34.9 Å². The first-order valence-corrected chi connectivity index (χ1v) is 14.4. The Hall–Kier alpha value is -3.38. The molecule has 0 saturated heterocycles. The lowest BCUT2D eigenvalue weighted by Gasteiger charge is -2.46. The Morgan fingerprint density at radius 1 is 1.16 bits per heavy atom. The van der Waals surface area contributed by atoms with Gasteiger partial charge in [-0.25, -0.2) is 32.2 Å². The molecule has 38 heavy (non-hydrogen) atoms. The van der Waals surface area contributed by atoms with Crippen molar-refractivity contribution in [3.05, 3.63) is 76.2 Å². The Bertz CT molecular complexity index is 1760. The Labute approximate surface area is 221 Å². The molecule has 2 fully saturated rings. The molecule has 9 nitrogen and oxygen atoms in total. The van der Waals surface area contributed by atoms with Gasteiger partial charge in [-0.05, 0) is 41.9 Å². The maximum atomic E-state index is 14.6. The van der Waals surface area contributed by atoms with Crippen LogP contribution in [0.4, 0.5) is 8.78 Å².